The fourth-order valence-corrected chi connectivity index (χ4v) is 2.51. The number of carboxylic acids is 1. The highest BCUT2D eigenvalue weighted by atomic mass is 35.5. The van der Waals surface area contributed by atoms with E-state index in [2.05, 4.69) is 5.32 Å². The van der Waals surface area contributed by atoms with Gasteiger partial charge < -0.3 is 15.3 Å². The van der Waals surface area contributed by atoms with Gasteiger partial charge in [0, 0.05) is 18.8 Å². The van der Waals surface area contributed by atoms with Gasteiger partial charge in [0.15, 0.2) is 0 Å². The van der Waals surface area contributed by atoms with E-state index in [-0.39, 0.29) is 10.7 Å². The quantitative estimate of drug-likeness (QED) is 0.801. The molecule has 1 saturated heterocycles. The summed E-state index contributed by atoms with van der Waals surface area (Å²) in [7, 11) is 0. The molecule has 0 aromatic heterocycles. The summed E-state index contributed by atoms with van der Waals surface area (Å²) in [5, 5.41) is 10.9. The highest BCUT2D eigenvalue weighted by molar-refractivity contribution is 6.31. The lowest BCUT2D eigenvalue weighted by atomic mass is 9.96. The second-order valence-corrected chi connectivity index (χ2v) is 5.46. The van der Waals surface area contributed by atoms with E-state index in [0.717, 1.165) is 17.0 Å². The van der Waals surface area contributed by atoms with Gasteiger partial charge in [-0.05, 0) is 18.2 Å². The Morgan fingerprint density at radius 1 is 1.30 bits per heavy atom. The molecule has 2 rings (SSSR count). The number of likely N-dealkylation sites (tertiary alicyclic amines) is 1. The lowest BCUT2D eigenvalue weighted by molar-refractivity contribution is -0.187. The summed E-state index contributed by atoms with van der Waals surface area (Å²) in [4.78, 5) is 23.7. The number of nitrogens with one attached hydrogen (secondary N) is 1. The largest absolute Gasteiger partial charge is 0.481 e. The number of halogens is 5. The van der Waals surface area contributed by atoms with Crippen LogP contribution in [0.2, 0.25) is 5.02 Å². The summed E-state index contributed by atoms with van der Waals surface area (Å²) >= 11 is 5.54. The number of aliphatic carboxylic acids is 1. The zero-order valence-corrected chi connectivity index (χ0v) is 12.2. The van der Waals surface area contributed by atoms with E-state index in [1.807, 2.05) is 0 Å². The van der Waals surface area contributed by atoms with Crippen molar-refractivity contribution in [2.24, 2.45) is 11.8 Å². The smallest absolute Gasteiger partial charge is 0.394 e. The summed E-state index contributed by atoms with van der Waals surface area (Å²) in [6.07, 6.45) is -4.72. The van der Waals surface area contributed by atoms with Crippen LogP contribution in [0.25, 0.3) is 0 Å². The van der Waals surface area contributed by atoms with Crippen LogP contribution in [0.4, 0.5) is 28.0 Å². The fraction of sp³-hybridized carbons (Fsp3) is 0.385. The third-order valence-corrected chi connectivity index (χ3v) is 3.81. The van der Waals surface area contributed by atoms with Crippen molar-refractivity contribution < 1.29 is 32.3 Å². The molecule has 5 nitrogen and oxygen atoms in total. The minimum Gasteiger partial charge on any atom is -0.481 e. The summed E-state index contributed by atoms with van der Waals surface area (Å²) in [6.45, 7) is -1.33. The Kier molecular flexibility index (Phi) is 4.69. The molecule has 0 bridgehead atoms. The monoisotopic (exact) mass is 354 g/mol. The number of anilines is 1. The topological polar surface area (TPSA) is 69.6 Å². The summed E-state index contributed by atoms with van der Waals surface area (Å²) in [6, 6.07) is 2.36. The van der Waals surface area contributed by atoms with Crippen LogP contribution in [0.15, 0.2) is 18.2 Å². The molecule has 1 heterocycles. The first-order valence-electron chi connectivity index (χ1n) is 6.40. The van der Waals surface area contributed by atoms with Crippen LogP contribution in [0.1, 0.15) is 0 Å². The molecule has 0 aliphatic carbocycles. The van der Waals surface area contributed by atoms with Gasteiger partial charge in [0.2, 0.25) is 0 Å². The van der Waals surface area contributed by atoms with Crippen molar-refractivity contribution in [1.29, 1.82) is 0 Å². The first kappa shape index (κ1) is 17.3. The van der Waals surface area contributed by atoms with Crippen LogP contribution in [-0.4, -0.2) is 41.3 Å². The summed E-state index contributed by atoms with van der Waals surface area (Å²) < 4.78 is 51.6. The minimum atomic E-state index is -4.72. The van der Waals surface area contributed by atoms with Crippen LogP contribution in [0, 0.1) is 17.7 Å². The van der Waals surface area contributed by atoms with Gasteiger partial charge in [0.1, 0.15) is 5.82 Å². The van der Waals surface area contributed by atoms with Gasteiger partial charge in [0.25, 0.3) is 0 Å². The molecule has 23 heavy (non-hydrogen) atoms. The number of amides is 2. The van der Waals surface area contributed by atoms with Crippen molar-refractivity contribution >= 4 is 29.3 Å². The maximum absolute atomic E-state index is 13.0. The molecular weight excluding hydrogens is 344 g/mol. The first-order valence-corrected chi connectivity index (χ1v) is 6.78. The fourth-order valence-electron chi connectivity index (χ4n) is 2.33. The van der Waals surface area contributed by atoms with Crippen molar-refractivity contribution in [3.63, 3.8) is 0 Å². The molecule has 0 spiro atoms. The number of carbonyl (C=O) groups excluding carboxylic acids is 1. The number of carboxylic acid groups (broad SMARTS) is 1. The van der Waals surface area contributed by atoms with Gasteiger partial charge in [-0.1, -0.05) is 11.6 Å². The number of hydrogen-bond donors (Lipinski definition) is 2. The molecule has 10 heteroatoms. The van der Waals surface area contributed by atoms with Gasteiger partial charge in [-0.15, -0.1) is 0 Å². The Balaban J connectivity index is 2.11. The molecule has 126 valence electrons. The molecule has 2 atom stereocenters. The van der Waals surface area contributed by atoms with Gasteiger partial charge in [-0.25, -0.2) is 9.18 Å². The van der Waals surface area contributed by atoms with E-state index in [1.54, 1.807) is 0 Å². The summed E-state index contributed by atoms with van der Waals surface area (Å²) in [5.74, 6) is -6.19. The van der Waals surface area contributed by atoms with Crippen molar-refractivity contribution in [1.82, 2.24) is 4.90 Å². The van der Waals surface area contributed by atoms with E-state index >= 15 is 0 Å². The van der Waals surface area contributed by atoms with Gasteiger partial charge in [0.05, 0.1) is 16.9 Å². The Bertz CT molecular complexity index is 638. The van der Waals surface area contributed by atoms with Crippen molar-refractivity contribution in [3.8, 4) is 0 Å². The third kappa shape index (κ3) is 3.84. The van der Waals surface area contributed by atoms with Crippen molar-refractivity contribution in [3.05, 3.63) is 29.0 Å². The molecule has 2 amide bonds. The Morgan fingerprint density at radius 2 is 1.96 bits per heavy atom. The number of carbonyl (C=O) groups is 2. The predicted molar refractivity (Wildman–Crippen MR) is 72.7 cm³/mol. The molecule has 1 aliphatic rings. The molecule has 1 aromatic rings. The number of hydrogen-bond acceptors (Lipinski definition) is 2. The van der Waals surface area contributed by atoms with E-state index < -0.39 is 48.9 Å². The van der Waals surface area contributed by atoms with E-state index in [0.29, 0.717) is 0 Å². The highest BCUT2D eigenvalue weighted by Gasteiger charge is 2.53. The van der Waals surface area contributed by atoms with E-state index in [1.165, 1.54) is 6.07 Å². The molecular formula is C13H11ClF4N2O3. The minimum absolute atomic E-state index is 0.0868. The average molecular weight is 355 g/mol. The third-order valence-electron chi connectivity index (χ3n) is 3.52. The van der Waals surface area contributed by atoms with Crippen LogP contribution < -0.4 is 5.32 Å². The van der Waals surface area contributed by atoms with E-state index in [9.17, 15) is 27.2 Å². The Hall–Kier alpha value is -2.03. The first-order chi connectivity index (χ1) is 10.6. The summed E-state index contributed by atoms with van der Waals surface area (Å²) in [5.41, 5.74) is 0.0868. The highest BCUT2D eigenvalue weighted by Crippen LogP contribution is 2.37. The number of urea groups is 1. The van der Waals surface area contributed by atoms with Gasteiger partial charge in [-0.2, -0.15) is 13.2 Å². The maximum atomic E-state index is 13.0. The molecule has 0 radical (unpaired) electrons. The van der Waals surface area contributed by atoms with Gasteiger partial charge >= 0.3 is 18.2 Å². The number of alkyl halides is 3. The number of benzene rings is 1. The normalized spacial score (nSPS) is 21.3. The van der Waals surface area contributed by atoms with Crippen LogP contribution in [0.5, 0.6) is 0 Å². The second-order valence-electron chi connectivity index (χ2n) is 5.06. The molecule has 2 N–H and O–H groups in total. The molecule has 0 saturated carbocycles. The standard InChI is InChI=1S/C13H11ClF4N2O3/c14-9-3-6(1-2-10(9)15)19-12(23)20-4-7(11(21)22)8(5-20)13(16,17)18/h1-3,7-8H,4-5H2,(H,19,23)(H,21,22)/t7-,8-/m1/s1. The van der Waals surface area contributed by atoms with E-state index in [4.69, 9.17) is 16.7 Å². The molecule has 1 aromatic carbocycles. The SMILES string of the molecule is O=C(O)[C@@H]1CN(C(=O)Nc2ccc(F)c(Cl)c2)C[C@H]1C(F)(F)F. The zero-order valence-electron chi connectivity index (χ0n) is 11.4. The Labute approximate surface area is 132 Å². The van der Waals surface area contributed by atoms with Crippen LogP contribution in [-0.2, 0) is 4.79 Å². The predicted octanol–water partition coefficient (Wildman–Crippen LogP) is 3.21. The zero-order chi connectivity index (χ0) is 17.4. The lowest BCUT2D eigenvalue weighted by Crippen LogP contribution is -2.35. The van der Waals surface area contributed by atoms with Crippen molar-refractivity contribution in [2.75, 3.05) is 18.4 Å². The number of rotatable bonds is 2. The van der Waals surface area contributed by atoms with Crippen molar-refractivity contribution in [2.45, 2.75) is 6.18 Å². The molecule has 1 aliphatic heterocycles. The molecule has 0 unspecified atom stereocenters. The van der Waals surface area contributed by atoms with Gasteiger partial charge in [-0.3, -0.25) is 4.79 Å². The number of nitrogens with zero attached hydrogens (tertiary/aromatic N) is 1. The van der Waals surface area contributed by atoms with Crippen LogP contribution >= 0.6 is 11.6 Å². The van der Waals surface area contributed by atoms with Crippen LogP contribution in [0.3, 0.4) is 0 Å². The second kappa shape index (κ2) is 6.23. The molecule has 1 fully saturated rings. The lowest BCUT2D eigenvalue weighted by Gasteiger charge is -2.18. The average Bonchev–Trinajstić information content (AvgIpc) is 2.88. The Morgan fingerprint density at radius 3 is 2.43 bits per heavy atom. The maximum Gasteiger partial charge on any atom is 0.394 e.